The number of aromatic nitrogens is 3. The first-order valence-electron chi connectivity index (χ1n) is 10.6. The number of aryl methyl sites for hydroxylation is 1. The Hall–Kier alpha value is -3.71. The molecule has 1 aliphatic rings. The molecule has 0 bridgehead atoms. The van der Waals surface area contributed by atoms with Crippen LogP contribution < -0.4 is 5.32 Å². The molecule has 4 heterocycles. The highest BCUT2D eigenvalue weighted by Crippen LogP contribution is 2.37. The molecule has 3 aromatic rings. The predicted molar refractivity (Wildman–Crippen MR) is 122 cm³/mol. The van der Waals surface area contributed by atoms with Gasteiger partial charge >= 0.3 is 6.09 Å². The minimum atomic E-state index is -0.413. The molecular weight excluding hydrogens is 440 g/mol. The highest BCUT2D eigenvalue weighted by molar-refractivity contribution is 7.16. The fraction of sp³-hybridized carbons (Fsp3) is 0.348. The summed E-state index contributed by atoms with van der Waals surface area (Å²) in [7, 11) is 1.84. The van der Waals surface area contributed by atoms with Crippen molar-refractivity contribution in [2.45, 2.75) is 38.8 Å². The minimum absolute atomic E-state index is 0.0454. The third kappa shape index (κ3) is 5.04. The van der Waals surface area contributed by atoms with Gasteiger partial charge in [-0.05, 0) is 24.1 Å². The van der Waals surface area contributed by atoms with Gasteiger partial charge in [-0.15, -0.1) is 11.3 Å². The Kier molecular flexibility index (Phi) is 6.70. The number of thiophene rings is 1. The molecule has 1 unspecified atom stereocenters. The Morgan fingerprint density at radius 3 is 2.94 bits per heavy atom. The van der Waals surface area contributed by atoms with E-state index >= 15 is 0 Å². The maximum absolute atomic E-state index is 12.6. The van der Waals surface area contributed by atoms with E-state index < -0.39 is 6.09 Å². The average Bonchev–Trinajstić information content (AvgIpc) is 3.39. The van der Waals surface area contributed by atoms with E-state index in [0.29, 0.717) is 30.1 Å². The number of hydrogen-bond donors (Lipinski definition) is 1. The van der Waals surface area contributed by atoms with Crippen LogP contribution in [0.1, 0.15) is 46.7 Å². The van der Waals surface area contributed by atoms with Crippen LogP contribution in [0.3, 0.4) is 0 Å². The normalized spacial score (nSPS) is 13.7. The number of nitrogens with one attached hydrogen (secondary N) is 1. The minimum Gasteiger partial charge on any atom is -0.443 e. The van der Waals surface area contributed by atoms with Crippen LogP contribution in [0.25, 0.3) is 0 Å². The van der Waals surface area contributed by atoms with E-state index in [2.05, 4.69) is 21.4 Å². The summed E-state index contributed by atoms with van der Waals surface area (Å²) in [5.74, 6) is -0.216. The first-order valence-corrected chi connectivity index (χ1v) is 11.4. The Morgan fingerprint density at radius 2 is 2.24 bits per heavy atom. The monoisotopic (exact) mass is 464 g/mol. The second-order valence-electron chi connectivity index (χ2n) is 7.95. The van der Waals surface area contributed by atoms with Crippen molar-refractivity contribution in [3.8, 4) is 6.07 Å². The van der Waals surface area contributed by atoms with Gasteiger partial charge in [0.1, 0.15) is 17.7 Å². The lowest BCUT2D eigenvalue weighted by molar-refractivity contribution is -0.116. The second kappa shape index (κ2) is 9.83. The molecule has 9 nitrogen and oxygen atoms in total. The number of carbonyl (C=O) groups excluding carboxylic acids is 2. The highest BCUT2D eigenvalue weighted by Gasteiger charge is 2.28. The van der Waals surface area contributed by atoms with Crippen molar-refractivity contribution in [1.29, 1.82) is 5.26 Å². The standard InChI is InChI=1S/C23H24N6O3S/c1-15(19-5-3-4-7-26-19)9-21(30)27-22-18(10-24)17-6-8-29(12-20(17)33-22)23(31)32-13-16-11-25-14-28(16)2/h3-5,7,11,14-15H,6,8-9,12-13H2,1-2H3,(H,27,30). The Labute approximate surface area is 195 Å². The fourth-order valence-corrected chi connectivity index (χ4v) is 4.97. The molecular formula is C23H24N6O3S. The number of pyridine rings is 1. The van der Waals surface area contributed by atoms with Crippen LogP contribution in [-0.2, 0) is 36.2 Å². The molecule has 0 spiro atoms. The van der Waals surface area contributed by atoms with E-state index in [1.165, 1.54) is 11.3 Å². The van der Waals surface area contributed by atoms with Crippen LogP contribution in [0.4, 0.5) is 9.80 Å². The molecule has 2 amide bonds. The van der Waals surface area contributed by atoms with Crippen molar-refractivity contribution in [2.75, 3.05) is 11.9 Å². The maximum atomic E-state index is 12.6. The Bertz CT molecular complexity index is 1200. The zero-order valence-electron chi connectivity index (χ0n) is 18.4. The smallest absolute Gasteiger partial charge is 0.410 e. The predicted octanol–water partition coefficient (Wildman–Crippen LogP) is 3.58. The zero-order valence-corrected chi connectivity index (χ0v) is 19.3. The Morgan fingerprint density at radius 1 is 1.39 bits per heavy atom. The number of carbonyl (C=O) groups is 2. The van der Waals surface area contributed by atoms with Gasteiger partial charge in [0.15, 0.2) is 0 Å². The van der Waals surface area contributed by atoms with Crippen LogP contribution >= 0.6 is 11.3 Å². The third-order valence-corrected chi connectivity index (χ3v) is 6.76. The summed E-state index contributed by atoms with van der Waals surface area (Å²) in [5, 5.41) is 13.1. The molecule has 1 atom stereocenters. The molecule has 0 saturated heterocycles. The van der Waals surface area contributed by atoms with Crippen molar-refractivity contribution >= 4 is 28.3 Å². The van der Waals surface area contributed by atoms with Crippen LogP contribution in [-0.4, -0.2) is 38.0 Å². The van der Waals surface area contributed by atoms with E-state index in [0.717, 1.165) is 21.8 Å². The largest absolute Gasteiger partial charge is 0.443 e. The summed E-state index contributed by atoms with van der Waals surface area (Å²) in [4.78, 5) is 36.0. The average molecular weight is 465 g/mol. The van der Waals surface area contributed by atoms with E-state index in [9.17, 15) is 14.9 Å². The number of hydrogen-bond acceptors (Lipinski definition) is 7. The van der Waals surface area contributed by atoms with Gasteiger partial charge in [-0.3, -0.25) is 9.78 Å². The number of imidazole rings is 1. The van der Waals surface area contributed by atoms with Gasteiger partial charge in [-0.1, -0.05) is 13.0 Å². The molecule has 1 N–H and O–H groups in total. The van der Waals surface area contributed by atoms with E-state index in [-0.39, 0.29) is 24.9 Å². The summed E-state index contributed by atoms with van der Waals surface area (Å²) in [6.45, 7) is 2.88. The first kappa shape index (κ1) is 22.5. The summed E-state index contributed by atoms with van der Waals surface area (Å²) in [6.07, 6.45) is 5.40. The number of anilines is 1. The molecule has 33 heavy (non-hydrogen) atoms. The molecule has 0 radical (unpaired) electrons. The lowest BCUT2D eigenvalue weighted by Crippen LogP contribution is -2.35. The van der Waals surface area contributed by atoms with Gasteiger partial charge in [0, 0.05) is 42.7 Å². The molecule has 170 valence electrons. The van der Waals surface area contributed by atoms with Crippen molar-refractivity contribution in [1.82, 2.24) is 19.4 Å². The number of fused-ring (bicyclic) bond motifs is 1. The quantitative estimate of drug-likeness (QED) is 0.597. The van der Waals surface area contributed by atoms with Crippen molar-refractivity contribution < 1.29 is 14.3 Å². The molecule has 3 aromatic heterocycles. The van der Waals surface area contributed by atoms with Crippen molar-refractivity contribution in [3.63, 3.8) is 0 Å². The molecule has 0 fully saturated rings. The lowest BCUT2D eigenvalue weighted by Gasteiger charge is -2.26. The molecule has 0 aliphatic carbocycles. The second-order valence-corrected chi connectivity index (χ2v) is 9.05. The van der Waals surface area contributed by atoms with Crippen molar-refractivity contribution in [3.05, 3.63) is 64.3 Å². The van der Waals surface area contributed by atoms with Gasteiger partial charge in [0.05, 0.1) is 30.3 Å². The summed E-state index contributed by atoms with van der Waals surface area (Å²) in [6, 6.07) is 7.85. The van der Waals surface area contributed by atoms with Gasteiger partial charge in [-0.25, -0.2) is 9.78 Å². The first-order chi connectivity index (χ1) is 16.0. The van der Waals surface area contributed by atoms with E-state index in [1.807, 2.05) is 32.2 Å². The summed E-state index contributed by atoms with van der Waals surface area (Å²) < 4.78 is 7.22. The molecule has 1 aliphatic heterocycles. The molecule has 0 saturated carbocycles. The van der Waals surface area contributed by atoms with Crippen LogP contribution in [0.2, 0.25) is 0 Å². The maximum Gasteiger partial charge on any atom is 0.410 e. The fourth-order valence-electron chi connectivity index (χ4n) is 3.74. The van der Waals surface area contributed by atoms with Gasteiger partial charge in [-0.2, -0.15) is 5.26 Å². The number of rotatable bonds is 6. The summed E-state index contributed by atoms with van der Waals surface area (Å²) in [5.41, 5.74) is 3.02. The van der Waals surface area contributed by atoms with Crippen LogP contribution in [0.15, 0.2) is 36.9 Å². The van der Waals surface area contributed by atoms with Crippen LogP contribution in [0, 0.1) is 11.3 Å². The number of ether oxygens (including phenoxy) is 1. The van der Waals surface area contributed by atoms with Gasteiger partial charge in [0.2, 0.25) is 5.91 Å². The third-order valence-electron chi connectivity index (χ3n) is 5.62. The van der Waals surface area contributed by atoms with E-state index in [1.54, 1.807) is 28.2 Å². The molecule has 10 heteroatoms. The topological polar surface area (TPSA) is 113 Å². The summed E-state index contributed by atoms with van der Waals surface area (Å²) >= 11 is 1.34. The number of nitriles is 1. The number of amides is 2. The van der Waals surface area contributed by atoms with Crippen LogP contribution in [0.5, 0.6) is 0 Å². The SMILES string of the molecule is CC(CC(=O)Nc1sc2c(c1C#N)CCN(C(=O)OCc1cncn1C)C2)c1ccccn1. The van der Waals surface area contributed by atoms with Crippen molar-refractivity contribution in [2.24, 2.45) is 7.05 Å². The van der Waals surface area contributed by atoms with Gasteiger partial charge in [0.25, 0.3) is 0 Å². The Balaban J connectivity index is 1.40. The lowest BCUT2D eigenvalue weighted by atomic mass is 10.0. The molecule has 4 rings (SSSR count). The zero-order chi connectivity index (χ0) is 23.4. The number of nitrogens with zero attached hydrogens (tertiary/aromatic N) is 5. The van der Waals surface area contributed by atoms with Gasteiger partial charge < -0.3 is 19.5 Å². The highest BCUT2D eigenvalue weighted by atomic mass is 32.1. The molecule has 0 aromatic carbocycles. The van der Waals surface area contributed by atoms with E-state index in [4.69, 9.17) is 4.74 Å².